The molecule has 1 aromatic heterocycles. The Hall–Kier alpha value is -1.68. The van der Waals surface area contributed by atoms with Gasteiger partial charge in [-0.25, -0.2) is 4.98 Å². The normalized spacial score (nSPS) is 12.5. The van der Waals surface area contributed by atoms with Crippen LogP contribution in [0.2, 0.25) is 0 Å². The lowest BCUT2D eigenvalue weighted by atomic mass is 9.95. The first-order valence-corrected chi connectivity index (χ1v) is 7.37. The second-order valence-electron chi connectivity index (χ2n) is 5.26. The molecule has 0 spiro atoms. The molecule has 0 saturated heterocycles. The van der Waals surface area contributed by atoms with E-state index in [2.05, 4.69) is 52.7 Å². The van der Waals surface area contributed by atoms with E-state index in [4.69, 9.17) is 0 Å². The molecule has 0 saturated carbocycles. The summed E-state index contributed by atoms with van der Waals surface area (Å²) in [5, 5.41) is 7.69. The Balaban J connectivity index is 1.98. The highest BCUT2D eigenvalue weighted by molar-refractivity contribution is 5.15. The minimum atomic E-state index is 0.548. The standard InChI is InChI=1S/C16H24N4/c1-3-9-17-12-15(10-14-7-5-4-6-8-14)11-16-18-13-19-20(16)2/h4-8,13,15,17H,3,9-12H2,1-2H3. The number of hydrogen-bond donors (Lipinski definition) is 1. The van der Waals surface area contributed by atoms with E-state index in [9.17, 15) is 0 Å². The summed E-state index contributed by atoms with van der Waals surface area (Å²) >= 11 is 0. The average molecular weight is 272 g/mol. The lowest BCUT2D eigenvalue weighted by molar-refractivity contribution is 0.453. The molecule has 4 nitrogen and oxygen atoms in total. The van der Waals surface area contributed by atoms with Crippen LogP contribution in [-0.4, -0.2) is 27.9 Å². The molecule has 0 amide bonds. The van der Waals surface area contributed by atoms with Gasteiger partial charge in [-0.2, -0.15) is 5.10 Å². The quantitative estimate of drug-likeness (QED) is 0.749. The molecule has 20 heavy (non-hydrogen) atoms. The van der Waals surface area contributed by atoms with E-state index in [1.807, 2.05) is 11.7 Å². The Morgan fingerprint density at radius 3 is 2.65 bits per heavy atom. The van der Waals surface area contributed by atoms with Crippen molar-refractivity contribution in [1.29, 1.82) is 0 Å². The lowest BCUT2D eigenvalue weighted by Gasteiger charge is -2.17. The van der Waals surface area contributed by atoms with Gasteiger partial charge in [0.2, 0.25) is 0 Å². The van der Waals surface area contributed by atoms with E-state index in [1.165, 1.54) is 12.0 Å². The Labute approximate surface area is 121 Å². The first kappa shape index (κ1) is 14.7. The van der Waals surface area contributed by atoms with Crippen molar-refractivity contribution in [1.82, 2.24) is 20.1 Å². The van der Waals surface area contributed by atoms with Crippen LogP contribution in [0.25, 0.3) is 0 Å². The van der Waals surface area contributed by atoms with E-state index in [-0.39, 0.29) is 0 Å². The van der Waals surface area contributed by atoms with Gasteiger partial charge < -0.3 is 5.32 Å². The number of aromatic nitrogens is 3. The predicted octanol–water partition coefficient (Wildman–Crippen LogP) is 2.22. The Kier molecular flexibility index (Phi) is 5.74. The van der Waals surface area contributed by atoms with Gasteiger partial charge in [0.1, 0.15) is 12.2 Å². The molecule has 4 heteroatoms. The van der Waals surface area contributed by atoms with Crippen molar-refractivity contribution in [3.8, 4) is 0 Å². The maximum absolute atomic E-state index is 4.35. The summed E-state index contributed by atoms with van der Waals surface area (Å²) in [5.74, 6) is 1.61. The molecule has 1 aromatic carbocycles. The minimum absolute atomic E-state index is 0.548. The molecule has 0 radical (unpaired) electrons. The second-order valence-corrected chi connectivity index (χ2v) is 5.26. The number of aryl methyl sites for hydroxylation is 1. The SMILES string of the molecule is CCCNCC(Cc1ccccc1)Cc1ncnn1C. The van der Waals surface area contributed by atoms with E-state index in [0.717, 1.165) is 31.8 Å². The highest BCUT2D eigenvalue weighted by Gasteiger charge is 2.13. The van der Waals surface area contributed by atoms with Crippen LogP contribution in [0, 0.1) is 5.92 Å². The third-order valence-corrected chi connectivity index (χ3v) is 3.50. The number of rotatable bonds is 8. The van der Waals surface area contributed by atoms with Crippen LogP contribution in [0.3, 0.4) is 0 Å². The fraction of sp³-hybridized carbons (Fsp3) is 0.500. The fourth-order valence-corrected chi connectivity index (χ4v) is 2.41. The van der Waals surface area contributed by atoms with Gasteiger partial charge >= 0.3 is 0 Å². The topological polar surface area (TPSA) is 42.7 Å². The van der Waals surface area contributed by atoms with E-state index in [1.54, 1.807) is 6.33 Å². The van der Waals surface area contributed by atoms with Crippen molar-refractivity contribution in [3.05, 3.63) is 48.0 Å². The van der Waals surface area contributed by atoms with Crippen LogP contribution in [0.4, 0.5) is 0 Å². The van der Waals surface area contributed by atoms with Crippen molar-refractivity contribution in [2.24, 2.45) is 13.0 Å². The molecule has 0 aliphatic rings. The average Bonchev–Trinajstić information content (AvgIpc) is 2.85. The summed E-state index contributed by atoms with van der Waals surface area (Å²) in [5.41, 5.74) is 1.39. The van der Waals surface area contributed by atoms with Crippen molar-refractivity contribution in [2.45, 2.75) is 26.2 Å². The molecular weight excluding hydrogens is 248 g/mol. The summed E-state index contributed by atoms with van der Waals surface area (Å²) < 4.78 is 1.87. The van der Waals surface area contributed by atoms with Crippen molar-refractivity contribution in [2.75, 3.05) is 13.1 Å². The van der Waals surface area contributed by atoms with Crippen LogP contribution in [0.1, 0.15) is 24.7 Å². The minimum Gasteiger partial charge on any atom is -0.316 e. The molecule has 2 aromatic rings. The maximum Gasteiger partial charge on any atom is 0.138 e. The van der Waals surface area contributed by atoms with E-state index >= 15 is 0 Å². The first-order valence-electron chi connectivity index (χ1n) is 7.37. The Bertz CT molecular complexity index is 492. The van der Waals surface area contributed by atoms with Gasteiger partial charge in [-0.3, -0.25) is 4.68 Å². The van der Waals surface area contributed by atoms with E-state index in [0.29, 0.717) is 5.92 Å². The van der Waals surface area contributed by atoms with Crippen LogP contribution >= 0.6 is 0 Å². The van der Waals surface area contributed by atoms with Crippen LogP contribution in [0.5, 0.6) is 0 Å². The van der Waals surface area contributed by atoms with Crippen molar-refractivity contribution >= 4 is 0 Å². The van der Waals surface area contributed by atoms with Crippen LogP contribution < -0.4 is 5.32 Å². The summed E-state index contributed by atoms with van der Waals surface area (Å²) in [7, 11) is 1.96. The lowest BCUT2D eigenvalue weighted by Crippen LogP contribution is -2.27. The smallest absolute Gasteiger partial charge is 0.138 e. The molecule has 108 valence electrons. The zero-order chi connectivity index (χ0) is 14.2. The number of hydrogen-bond acceptors (Lipinski definition) is 3. The van der Waals surface area contributed by atoms with Gasteiger partial charge in [-0.15, -0.1) is 0 Å². The van der Waals surface area contributed by atoms with Crippen LogP contribution in [-0.2, 0) is 19.9 Å². The zero-order valence-corrected chi connectivity index (χ0v) is 12.4. The Morgan fingerprint density at radius 2 is 2.00 bits per heavy atom. The Morgan fingerprint density at radius 1 is 1.20 bits per heavy atom. The number of nitrogens with one attached hydrogen (secondary N) is 1. The molecule has 1 unspecified atom stereocenters. The van der Waals surface area contributed by atoms with Gasteiger partial charge in [-0.05, 0) is 37.4 Å². The molecule has 0 aliphatic heterocycles. The third kappa shape index (κ3) is 4.46. The van der Waals surface area contributed by atoms with Gasteiger partial charge in [-0.1, -0.05) is 37.3 Å². The van der Waals surface area contributed by atoms with Gasteiger partial charge in [0.05, 0.1) is 0 Å². The van der Waals surface area contributed by atoms with Crippen molar-refractivity contribution < 1.29 is 0 Å². The van der Waals surface area contributed by atoms with Crippen LogP contribution in [0.15, 0.2) is 36.7 Å². The highest BCUT2D eigenvalue weighted by atomic mass is 15.3. The summed E-state index contributed by atoms with van der Waals surface area (Å²) in [4.78, 5) is 4.35. The molecule has 0 aliphatic carbocycles. The van der Waals surface area contributed by atoms with Gasteiger partial charge in [0.15, 0.2) is 0 Å². The molecule has 0 fully saturated rings. The highest BCUT2D eigenvalue weighted by Crippen LogP contribution is 2.12. The molecular formula is C16H24N4. The third-order valence-electron chi connectivity index (χ3n) is 3.50. The number of nitrogens with zero attached hydrogens (tertiary/aromatic N) is 3. The summed E-state index contributed by atoms with van der Waals surface area (Å²) in [6.07, 6.45) is 4.84. The zero-order valence-electron chi connectivity index (χ0n) is 12.4. The second kappa shape index (κ2) is 7.80. The molecule has 2 rings (SSSR count). The van der Waals surface area contributed by atoms with E-state index < -0.39 is 0 Å². The monoisotopic (exact) mass is 272 g/mol. The molecule has 0 bridgehead atoms. The van der Waals surface area contributed by atoms with Gasteiger partial charge in [0, 0.05) is 13.5 Å². The number of benzene rings is 1. The maximum atomic E-state index is 4.35. The predicted molar refractivity (Wildman–Crippen MR) is 81.5 cm³/mol. The fourth-order valence-electron chi connectivity index (χ4n) is 2.41. The summed E-state index contributed by atoms with van der Waals surface area (Å²) in [6.45, 7) is 4.29. The van der Waals surface area contributed by atoms with Gasteiger partial charge in [0.25, 0.3) is 0 Å². The molecule has 1 atom stereocenters. The summed E-state index contributed by atoms with van der Waals surface area (Å²) in [6, 6.07) is 10.7. The van der Waals surface area contributed by atoms with Crippen molar-refractivity contribution in [3.63, 3.8) is 0 Å². The molecule has 1 heterocycles. The first-order chi connectivity index (χ1) is 9.79. The molecule has 1 N–H and O–H groups in total. The largest absolute Gasteiger partial charge is 0.316 e.